The summed E-state index contributed by atoms with van der Waals surface area (Å²) >= 11 is 3.23. The first kappa shape index (κ1) is 15.3. The molecule has 0 fully saturated rings. The third-order valence-electron chi connectivity index (χ3n) is 2.66. The Morgan fingerprint density at radius 1 is 1.19 bits per heavy atom. The molecule has 2 aromatic carbocycles. The molecule has 2 rings (SSSR count). The lowest BCUT2D eigenvalue weighted by molar-refractivity contribution is -0.384. The highest BCUT2D eigenvalue weighted by atomic mass is 79.9. The van der Waals surface area contributed by atoms with Gasteiger partial charge in [0.1, 0.15) is 11.4 Å². The second-order valence-corrected chi connectivity index (χ2v) is 5.65. The number of hydrogen-bond donors (Lipinski definition) is 1. The lowest BCUT2D eigenvalue weighted by atomic mass is 10.2. The van der Waals surface area contributed by atoms with E-state index in [0.717, 1.165) is 11.4 Å². The fourth-order valence-electron chi connectivity index (χ4n) is 1.81. The molecule has 0 aliphatic heterocycles. The summed E-state index contributed by atoms with van der Waals surface area (Å²) < 4.78 is 6.22. The number of nitrogens with zero attached hydrogens (tertiary/aromatic N) is 1. The van der Waals surface area contributed by atoms with Gasteiger partial charge in [-0.2, -0.15) is 0 Å². The number of nitrogens with one attached hydrogen (secondary N) is 1. The summed E-state index contributed by atoms with van der Waals surface area (Å²) in [6.45, 7) is 3.91. The number of benzene rings is 2. The highest BCUT2D eigenvalue weighted by Crippen LogP contribution is 2.31. The van der Waals surface area contributed by atoms with Crippen molar-refractivity contribution in [2.24, 2.45) is 0 Å². The van der Waals surface area contributed by atoms with E-state index < -0.39 is 4.92 Å². The number of nitro benzene ring substituents is 1. The van der Waals surface area contributed by atoms with Crippen LogP contribution < -0.4 is 10.1 Å². The van der Waals surface area contributed by atoms with Gasteiger partial charge in [-0.1, -0.05) is 15.9 Å². The molecule has 0 bridgehead atoms. The van der Waals surface area contributed by atoms with Crippen molar-refractivity contribution in [1.82, 2.24) is 0 Å². The first-order valence-corrected chi connectivity index (χ1v) is 7.22. The molecule has 0 amide bonds. The van der Waals surface area contributed by atoms with Crippen LogP contribution in [0, 0.1) is 10.1 Å². The van der Waals surface area contributed by atoms with Crippen molar-refractivity contribution in [2.75, 3.05) is 5.32 Å². The van der Waals surface area contributed by atoms with Gasteiger partial charge in [-0.3, -0.25) is 10.1 Å². The monoisotopic (exact) mass is 350 g/mol. The normalized spacial score (nSPS) is 10.5. The summed E-state index contributed by atoms with van der Waals surface area (Å²) in [4.78, 5) is 10.7. The lowest BCUT2D eigenvalue weighted by Crippen LogP contribution is -2.05. The van der Waals surface area contributed by atoms with E-state index in [1.54, 1.807) is 12.1 Å². The van der Waals surface area contributed by atoms with Gasteiger partial charge in [0.05, 0.1) is 11.0 Å². The molecule has 0 aliphatic rings. The largest absolute Gasteiger partial charge is 0.491 e. The Bertz CT molecular complexity index is 642. The van der Waals surface area contributed by atoms with Gasteiger partial charge >= 0.3 is 0 Å². The minimum absolute atomic E-state index is 0.0203. The quantitative estimate of drug-likeness (QED) is 0.615. The van der Waals surface area contributed by atoms with Crippen LogP contribution >= 0.6 is 15.9 Å². The number of hydrogen-bond acceptors (Lipinski definition) is 4. The van der Waals surface area contributed by atoms with Crippen molar-refractivity contribution >= 4 is 33.0 Å². The number of anilines is 2. The molecule has 5 nitrogen and oxygen atoms in total. The molecular weight excluding hydrogens is 336 g/mol. The summed E-state index contributed by atoms with van der Waals surface area (Å²) in [7, 11) is 0. The Balaban J connectivity index is 2.20. The van der Waals surface area contributed by atoms with Crippen molar-refractivity contribution in [3.05, 3.63) is 57.1 Å². The first-order valence-electron chi connectivity index (χ1n) is 6.43. The molecule has 0 radical (unpaired) electrons. The second kappa shape index (κ2) is 6.58. The molecule has 21 heavy (non-hydrogen) atoms. The van der Waals surface area contributed by atoms with E-state index in [1.807, 2.05) is 38.1 Å². The third-order valence-corrected chi connectivity index (χ3v) is 3.15. The number of nitro groups is 1. The van der Waals surface area contributed by atoms with Crippen molar-refractivity contribution in [3.63, 3.8) is 0 Å². The Morgan fingerprint density at radius 2 is 1.86 bits per heavy atom. The maximum atomic E-state index is 11.1. The molecule has 0 aliphatic carbocycles. The standard InChI is InChI=1S/C15H15BrN2O3/c1-10(2)21-13-6-4-12(5-7-13)17-14-8-3-11(16)9-15(14)18(19)20/h3-10,17H,1-2H3. The van der Waals surface area contributed by atoms with E-state index >= 15 is 0 Å². The zero-order valence-corrected chi connectivity index (χ0v) is 13.3. The molecule has 1 N–H and O–H groups in total. The zero-order valence-electron chi connectivity index (χ0n) is 11.7. The van der Waals surface area contributed by atoms with Crippen molar-refractivity contribution in [2.45, 2.75) is 20.0 Å². The summed E-state index contributed by atoms with van der Waals surface area (Å²) in [5, 5.41) is 14.1. The number of ether oxygens (including phenoxy) is 1. The lowest BCUT2D eigenvalue weighted by Gasteiger charge is -2.11. The molecule has 0 unspecified atom stereocenters. The van der Waals surface area contributed by atoms with E-state index in [9.17, 15) is 10.1 Å². The number of halogens is 1. The summed E-state index contributed by atoms with van der Waals surface area (Å²) in [5.41, 5.74) is 1.23. The van der Waals surface area contributed by atoms with Crippen LogP contribution in [0.15, 0.2) is 46.9 Å². The van der Waals surface area contributed by atoms with Crippen molar-refractivity contribution in [3.8, 4) is 5.75 Å². The molecule has 0 saturated carbocycles. The Hall–Kier alpha value is -2.08. The van der Waals surface area contributed by atoms with E-state index in [1.165, 1.54) is 6.07 Å². The fraction of sp³-hybridized carbons (Fsp3) is 0.200. The maximum absolute atomic E-state index is 11.1. The van der Waals surface area contributed by atoms with Crippen LogP contribution in [-0.4, -0.2) is 11.0 Å². The van der Waals surface area contributed by atoms with Crippen LogP contribution in [0.4, 0.5) is 17.1 Å². The molecule has 110 valence electrons. The van der Waals surface area contributed by atoms with Gasteiger partial charge in [-0.25, -0.2) is 0 Å². The molecule has 0 heterocycles. The van der Waals surface area contributed by atoms with Crippen LogP contribution in [0.3, 0.4) is 0 Å². The highest BCUT2D eigenvalue weighted by Gasteiger charge is 2.14. The van der Waals surface area contributed by atoms with Gasteiger partial charge in [-0.05, 0) is 50.2 Å². The smallest absolute Gasteiger partial charge is 0.293 e. The van der Waals surface area contributed by atoms with Gasteiger partial charge < -0.3 is 10.1 Å². The van der Waals surface area contributed by atoms with Crippen LogP contribution in [0.1, 0.15) is 13.8 Å². The van der Waals surface area contributed by atoms with Gasteiger partial charge in [-0.15, -0.1) is 0 Å². The average molecular weight is 351 g/mol. The Labute approximate surface area is 131 Å². The SMILES string of the molecule is CC(C)Oc1ccc(Nc2ccc(Br)cc2[N+](=O)[O-])cc1. The second-order valence-electron chi connectivity index (χ2n) is 4.73. The number of rotatable bonds is 5. The van der Waals surface area contributed by atoms with Crippen molar-refractivity contribution < 1.29 is 9.66 Å². The molecule has 0 spiro atoms. The van der Waals surface area contributed by atoms with E-state index in [-0.39, 0.29) is 11.8 Å². The van der Waals surface area contributed by atoms with Crippen LogP contribution in [0.5, 0.6) is 5.75 Å². The van der Waals surface area contributed by atoms with Crippen LogP contribution in [-0.2, 0) is 0 Å². The minimum Gasteiger partial charge on any atom is -0.491 e. The van der Waals surface area contributed by atoms with E-state index in [4.69, 9.17) is 4.74 Å². The molecular formula is C15H15BrN2O3. The van der Waals surface area contributed by atoms with Gasteiger partial charge in [0, 0.05) is 16.2 Å². The summed E-state index contributed by atoms with van der Waals surface area (Å²) in [6, 6.07) is 12.2. The van der Waals surface area contributed by atoms with Crippen molar-refractivity contribution in [1.29, 1.82) is 0 Å². The van der Waals surface area contributed by atoms with Crippen LogP contribution in [0.2, 0.25) is 0 Å². The maximum Gasteiger partial charge on any atom is 0.293 e. The molecule has 2 aromatic rings. The summed E-state index contributed by atoms with van der Waals surface area (Å²) in [6.07, 6.45) is 0.108. The fourth-order valence-corrected chi connectivity index (χ4v) is 2.16. The predicted molar refractivity (Wildman–Crippen MR) is 86.3 cm³/mol. The molecule has 0 aromatic heterocycles. The molecule has 0 saturated heterocycles. The molecule has 6 heteroatoms. The van der Waals surface area contributed by atoms with Gasteiger partial charge in [0.2, 0.25) is 0 Å². The predicted octanol–water partition coefficient (Wildman–Crippen LogP) is 4.89. The van der Waals surface area contributed by atoms with Gasteiger partial charge in [0.25, 0.3) is 5.69 Å². The Kier molecular flexibility index (Phi) is 4.80. The van der Waals surface area contributed by atoms with Gasteiger partial charge in [0.15, 0.2) is 0 Å². The average Bonchev–Trinajstić information content (AvgIpc) is 2.42. The molecule has 0 atom stereocenters. The third kappa shape index (κ3) is 4.19. The van der Waals surface area contributed by atoms with E-state index in [0.29, 0.717) is 10.2 Å². The first-order chi connectivity index (χ1) is 9.95. The van der Waals surface area contributed by atoms with E-state index in [2.05, 4.69) is 21.2 Å². The minimum atomic E-state index is -0.413. The Morgan fingerprint density at radius 3 is 2.43 bits per heavy atom. The van der Waals surface area contributed by atoms with Crippen LogP contribution in [0.25, 0.3) is 0 Å². The zero-order chi connectivity index (χ0) is 15.4. The topological polar surface area (TPSA) is 64.4 Å². The highest BCUT2D eigenvalue weighted by molar-refractivity contribution is 9.10. The summed E-state index contributed by atoms with van der Waals surface area (Å²) in [5.74, 6) is 0.765.